The van der Waals surface area contributed by atoms with Gasteiger partial charge in [-0.05, 0) is 43.4 Å². The molecule has 0 bridgehead atoms. The van der Waals surface area contributed by atoms with Crippen molar-refractivity contribution in [3.05, 3.63) is 54.6 Å². The molecule has 6 nitrogen and oxygen atoms in total. The first-order chi connectivity index (χ1) is 12.9. The highest BCUT2D eigenvalue weighted by Gasteiger charge is 2.17. The molecular formula is C20H25N3O3S. The van der Waals surface area contributed by atoms with Gasteiger partial charge in [-0.15, -0.1) is 0 Å². The molecule has 1 N–H and O–H groups in total. The lowest BCUT2D eigenvalue weighted by Gasteiger charge is -2.34. The molecule has 2 aromatic rings. The molecule has 1 amide bonds. The Morgan fingerprint density at radius 2 is 1.59 bits per heavy atom. The van der Waals surface area contributed by atoms with Crippen molar-refractivity contribution in [3.8, 4) is 0 Å². The number of piperazine rings is 1. The molecule has 2 aromatic carbocycles. The molecule has 1 aliphatic heterocycles. The first-order valence-electron chi connectivity index (χ1n) is 9.05. The number of hydrogen-bond acceptors (Lipinski definition) is 5. The maximum absolute atomic E-state index is 12.2. The minimum atomic E-state index is -3.44. The summed E-state index contributed by atoms with van der Waals surface area (Å²) < 4.78 is 24.5. The SMILES string of the molecule is CN1CCN(c2ccc(NC(=O)CCS(=O)(=O)c3ccccc3)cc2)CC1. The number of anilines is 2. The van der Waals surface area contributed by atoms with Crippen molar-refractivity contribution < 1.29 is 13.2 Å². The largest absolute Gasteiger partial charge is 0.369 e. The summed E-state index contributed by atoms with van der Waals surface area (Å²) in [5.41, 5.74) is 1.81. The number of carbonyl (C=O) groups excluding carboxylic acids is 1. The molecule has 1 fully saturated rings. The van der Waals surface area contributed by atoms with E-state index in [1.807, 2.05) is 24.3 Å². The first kappa shape index (κ1) is 19.4. The van der Waals surface area contributed by atoms with Crippen LogP contribution in [0.1, 0.15) is 6.42 Å². The summed E-state index contributed by atoms with van der Waals surface area (Å²) >= 11 is 0. The van der Waals surface area contributed by atoms with Crippen LogP contribution in [0.25, 0.3) is 0 Å². The number of carbonyl (C=O) groups is 1. The van der Waals surface area contributed by atoms with Crippen LogP contribution in [0.4, 0.5) is 11.4 Å². The first-order valence-corrected chi connectivity index (χ1v) is 10.7. The molecule has 1 heterocycles. The molecule has 0 unspecified atom stereocenters. The zero-order chi connectivity index (χ0) is 19.3. The van der Waals surface area contributed by atoms with Crippen molar-refractivity contribution in [1.82, 2.24) is 4.90 Å². The maximum Gasteiger partial charge on any atom is 0.225 e. The van der Waals surface area contributed by atoms with Crippen molar-refractivity contribution >= 4 is 27.1 Å². The zero-order valence-electron chi connectivity index (χ0n) is 15.5. The quantitative estimate of drug-likeness (QED) is 0.823. The number of hydrogen-bond donors (Lipinski definition) is 1. The van der Waals surface area contributed by atoms with Gasteiger partial charge in [-0.25, -0.2) is 8.42 Å². The van der Waals surface area contributed by atoms with E-state index in [1.165, 1.54) is 0 Å². The number of rotatable bonds is 6. The normalized spacial score (nSPS) is 15.5. The summed E-state index contributed by atoms with van der Waals surface area (Å²) in [6.07, 6.45) is -0.0720. The van der Waals surface area contributed by atoms with Gasteiger partial charge in [0.05, 0.1) is 10.6 Å². The van der Waals surface area contributed by atoms with E-state index >= 15 is 0 Å². The lowest BCUT2D eigenvalue weighted by molar-refractivity contribution is -0.115. The molecule has 0 aromatic heterocycles. The molecule has 144 valence electrons. The van der Waals surface area contributed by atoms with Crippen molar-refractivity contribution in [2.75, 3.05) is 49.2 Å². The van der Waals surface area contributed by atoms with Gasteiger partial charge in [0.15, 0.2) is 9.84 Å². The number of nitrogens with zero attached hydrogens (tertiary/aromatic N) is 2. The molecule has 0 atom stereocenters. The highest BCUT2D eigenvalue weighted by Crippen LogP contribution is 2.19. The van der Waals surface area contributed by atoms with Crippen LogP contribution in [-0.2, 0) is 14.6 Å². The average Bonchev–Trinajstić information content (AvgIpc) is 2.68. The molecule has 0 aliphatic carbocycles. The Labute approximate surface area is 160 Å². The molecule has 7 heteroatoms. The molecule has 0 spiro atoms. The van der Waals surface area contributed by atoms with Crippen LogP contribution in [0.3, 0.4) is 0 Å². The second-order valence-corrected chi connectivity index (χ2v) is 8.88. The van der Waals surface area contributed by atoms with E-state index < -0.39 is 9.84 Å². The number of sulfone groups is 1. The monoisotopic (exact) mass is 387 g/mol. The Bertz CT molecular complexity index is 859. The van der Waals surface area contributed by atoms with Crippen LogP contribution in [0.15, 0.2) is 59.5 Å². The lowest BCUT2D eigenvalue weighted by Crippen LogP contribution is -2.44. The second kappa shape index (κ2) is 8.54. The Kier molecular flexibility index (Phi) is 6.13. The minimum absolute atomic E-state index is 0.0720. The standard InChI is InChI=1S/C20H25N3O3S/c1-22-12-14-23(15-13-22)18-9-7-17(8-10-18)21-20(24)11-16-27(25,26)19-5-3-2-4-6-19/h2-10H,11-16H2,1H3,(H,21,24). The van der Waals surface area contributed by atoms with Crippen LogP contribution in [0.5, 0.6) is 0 Å². The summed E-state index contributed by atoms with van der Waals surface area (Å²) in [6.45, 7) is 4.04. The Morgan fingerprint density at radius 3 is 2.22 bits per heavy atom. The predicted octanol–water partition coefficient (Wildman–Crippen LogP) is 2.24. The topological polar surface area (TPSA) is 69.7 Å². The summed E-state index contributed by atoms with van der Waals surface area (Å²) in [6, 6.07) is 15.9. The molecule has 0 saturated carbocycles. The third-order valence-electron chi connectivity index (χ3n) is 4.72. The maximum atomic E-state index is 12.2. The van der Waals surface area contributed by atoms with Gasteiger partial charge in [0.25, 0.3) is 0 Å². The summed E-state index contributed by atoms with van der Waals surface area (Å²) in [5.74, 6) is -0.510. The van der Waals surface area contributed by atoms with Gasteiger partial charge >= 0.3 is 0 Å². The van der Waals surface area contributed by atoms with Crippen LogP contribution in [-0.4, -0.2) is 58.2 Å². The second-order valence-electron chi connectivity index (χ2n) is 6.77. The summed E-state index contributed by atoms with van der Waals surface area (Å²) in [4.78, 5) is 17.0. The van der Waals surface area contributed by atoms with Crippen molar-refractivity contribution in [3.63, 3.8) is 0 Å². The Hall–Kier alpha value is -2.38. The van der Waals surface area contributed by atoms with Gasteiger partial charge in [-0.3, -0.25) is 4.79 Å². The summed E-state index contributed by atoms with van der Waals surface area (Å²) in [7, 11) is -1.33. The van der Waals surface area contributed by atoms with Crippen molar-refractivity contribution in [2.45, 2.75) is 11.3 Å². The molecule has 0 radical (unpaired) electrons. The molecular weight excluding hydrogens is 362 g/mol. The number of benzene rings is 2. The third kappa shape index (κ3) is 5.30. The van der Waals surface area contributed by atoms with E-state index in [0.29, 0.717) is 5.69 Å². The number of amides is 1. The van der Waals surface area contributed by atoms with Crippen LogP contribution < -0.4 is 10.2 Å². The van der Waals surface area contributed by atoms with Gasteiger partial charge in [-0.2, -0.15) is 0 Å². The van der Waals surface area contributed by atoms with Crippen LogP contribution in [0.2, 0.25) is 0 Å². The molecule has 3 rings (SSSR count). The fourth-order valence-electron chi connectivity index (χ4n) is 3.02. The van der Waals surface area contributed by atoms with Crippen LogP contribution in [0, 0.1) is 0 Å². The zero-order valence-corrected chi connectivity index (χ0v) is 16.3. The van der Waals surface area contributed by atoms with Gasteiger partial charge < -0.3 is 15.1 Å². The van der Waals surface area contributed by atoms with E-state index in [-0.39, 0.29) is 23.0 Å². The average molecular weight is 388 g/mol. The van der Waals surface area contributed by atoms with E-state index in [4.69, 9.17) is 0 Å². The van der Waals surface area contributed by atoms with Crippen LogP contribution >= 0.6 is 0 Å². The highest BCUT2D eigenvalue weighted by molar-refractivity contribution is 7.91. The number of likely N-dealkylation sites (N-methyl/N-ethyl adjacent to an activating group) is 1. The van der Waals surface area contributed by atoms with Crippen molar-refractivity contribution in [2.24, 2.45) is 0 Å². The molecule has 1 saturated heterocycles. The lowest BCUT2D eigenvalue weighted by atomic mass is 10.2. The fourth-order valence-corrected chi connectivity index (χ4v) is 4.28. The third-order valence-corrected chi connectivity index (χ3v) is 6.45. The summed E-state index contributed by atoms with van der Waals surface area (Å²) in [5, 5.41) is 2.77. The van der Waals surface area contributed by atoms with Gasteiger partial charge in [-0.1, -0.05) is 18.2 Å². The minimum Gasteiger partial charge on any atom is -0.369 e. The smallest absolute Gasteiger partial charge is 0.225 e. The predicted molar refractivity (Wildman–Crippen MR) is 108 cm³/mol. The molecule has 27 heavy (non-hydrogen) atoms. The van der Waals surface area contributed by atoms with Crippen molar-refractivity contribution in [1.29, 1.82) is 0 Å². The van der Waals surface area contributed by atoms with Gasteiger partial charge in [0.1, 0.15) is 0 Å². The van der Waals surface area contributed by atoms with E-state index in [1.54, 1.807) is 30.3 Å². The van der Waals surface area contributed by atoms with E-state index in [0.717, 1.165) is 31.9 Å². The Balaban J connectivity index is 1.52. The number of nitrogens with one attached hydrogen (secondary N) is 1. The molecule has 1 aliphatic rings. The van der Waals surface area contributed by atoms with E-state index in [9.17, 15) is 13.2 Å². The Morgan fingerprint density at radius 1 is 0.963 bits per heavy atom. The van der Waals surface area contributed by atoms with Gasteiger partial charge in [0.2, 0.25) is 5.91 Å². The van der Waals surface area contributed by atoms with E-state index in [2.05, 4.69) is 22.2 Å². The highest BCUT2D eigenvalue weighted by atomic mass is 32.2. The van der Waals surface area contributed by atoms with Gasteiger partial charge in [0, 0.05) is 44.0 Å². The fraction of sp³-hybridized carbons (Fsp3) is 0.350.